The molecule has 3 aliphatic heterocycles. The Hall–Kier alpha value is -3.46. The predicted molar refractivity (Wildman–Crippen MR) is 137 cm³/mol. The van der Waals surface area contributed by atoms with Gasteiger partial charge in [-0.15, -0.1) is 10.2 Å². The predicted octanol–water partition coefficient (Wildman–Crippen LogP) is 2.69. The van der Waals surface area contributed by atoms with E-state index < -0.39 is 0 Å². The van der Waals surface area contributed by atoms with Gasteiger partial charge in [0.05, 0.1) is 17.4 Å². The molecule has 0 bridgehead atoms. The minimum Gasteiger partial charge on any atom is -0.507 e. The molecule has 3 aromatic rings. The van der Waals surface area contributed by atoms with E-state index in [4.69, 9.17) is 9.97 Å². The van der Waals surface area contributed by atoms with Crippen molar-refractivity contribution in [3.05, 3.63) is 48.3 Å². The van der Waals surface area contributed by atoms with Crippen molar-refractivity contribution in [2.45, 2.75) is 31.7 Å². The van der Waals surface area contributed by atoms with Crippen LogP contribution in [0.3, 0.4) is 0 Å². The first-order valence-electron chi connectivity index (χ1n) is 12.7. The highest BCUT2D eigenvalue weighted by Gasteiger charge is 2.34. The molecule has 0 amide bonds. The van der Waals surface area contributed by atoms with Gasteiger partial charge < -0.3 is 25.5 Å². The van der Waals surface area contributed by atoms with E-state index in [0.29, 0.717) is 11.3 Å². The molecular weight excluding hydrogens is 440 g/mol. The fourth-order valence-electron chi connectivity index (χ4n) is 5.47. The van der Waals surface area contributed by atoms with Crippen LogP contribution in [0.1, 0.15) is 24.8 Å². The topological polar surface area (TPSA) is 102 Å². The lowest BCUT2D eigenvalue weighted by Crippen LogP contribution is -2.58. The van der Waals surface area contributed by atoms with Gasteiger partial charge in [-0.25, -0.2) is 9.97 Å². The smallest absolute Gasteiger partial charge is 0.225 e. The van der Waals surface area contributed by atoms with Crippen LogP contribution in [0.2, 0.25) is 0 Å². The van der Waals surface area contributed by atoms with Gasteiger partial charge in [0, 0.05) is 44.1 Å². The Balaban J connectivity index is 1.12. The van der Waals surface area contributed by atoms with Crippen molar-refractivity contribution in [3.63, 3.8) is 0 Å². The lowest BCUT2D eigenvalue weighted by molar-refractivity contribution is 0.354. The second kappa shape index (κ2) is 9.65. The van der Waals surface area contributed by atoms with Gasteiger partial charge in [0.15, 0.2) is 5.82 Å². The number of hydrogen-bond donors (Lipinski definition) is 3. The van der Waals surface area contributed by atoms with E-state index in [1.54, 1.807) is 6.07 Å². The summed E-state index contributed by atoms with van der Waals surface area (Å²) >= 11 is 0. The molecule has 182 valence electrons. The van der Waals surface area contributed by atoms with Gasteiger partial charge in [-0.1, -0.05) is 12.1 Å². The molecule has 2 saturated heterocycles. The number of aromatic hydroxyl groups is 1. The summed E-state index contributed by atoms with van der Waals surface area (Å²) in [5, 5.41) is 25.9. The maximum absolute atomic E-state index is 10.3. The molecule has 5 heterocycles. The Bertz CT molecular complexity index is 1160. The number of hydrogen-bond acceptors (Lipinski definition) is 9. The summed E-state index contributed by atoms with van der Waals surface area (Å²) in [6.45, 7) is 5.63. The number of piperidine rings is 1. The highest BCUT2D eigenvalue weighted by molar-refractivity contribution is 5.76. The Kier molecular flexibility index (Phi) is 6.08. The highest BCUT2D eigenvalue weighted by atomic mass is 16.3. The van der Waals surface area contributed by atoms with Gasteiger partial charge >= 0.3 is 0 Å². The number of anilines is 3. The molecule has 0 radical (unpaired) electrons. The van der Waals surface area contributed by atoms with E-state index in [-0.39, 0.29) is 11.8 Å². The van der Waals surface area contributed by atoms with Crippen molar-refractivity contribution in [2.75, 3.05) is 54.4 Å². The second-order valence-corrected chi connectivity index (χ2v) is 9.78. The molecule has 0 spiro atoms. The van der Waals surface area contributed by atoms with E-state index >= 15 is 0 Å². The molecule has 0 saturated carbocycles. The van der Waals surface area contributed by atoms with E-state index in [2.05, 4.69) is 30.6 Å². The number of phenolic OH excluding ortho intramolecular Hbond substituents is 1. The van der Waals surface area contributed by atoms with E-state index in [1.165, 1.54) is 24.8 Å². The molecule has 3 N–H and O–H groups in total. The number of nitrogens with zero attached hydrogens (tertiary/aromatic N) is 6. The fourth-order valence-corrected chi connectivity index (χ4v) is 5.47. The van der Waals surface area contributed by atoms with Crippen LogP contribution in [0.15, 0.2) is 42.7 Å². The standard InChI is InChI=1S/C26H32N8O/c35-24-4-2-1-3-21(24)22-13-23-25(32-31-22)28-16-20-17-33(11-12-34(20)23)26-29-14-19(15-30-26)6-5-18-7-9-27-10-8-18/h1-4,13-15,18,20,27,35H,5-12,16-17H2,(H,28,32)/t20-/m1/s1. The van der Waals surface area contributed by atoms with Crippen LogP contribution in [0.25, 0.3) is 11.3 Å². The molecule has 2 fully saturated rings. The Morgan fingerprint density at radius 2 is 1.86 bits per heavy atom. The lowest BCUT2D eigenvalue weighted by Gasteiger charge is -2.45. The Labute approximate surface area is 205 Å². The minimum absolute atomic E-state index is 0.211. The minimum atomic E-state index is 0.211. The van der Waals surface area contributed by atoms with Gasteiger partial charge in [-0.3, -0.25) is 0 Å². The molecule has 1 atom stereocenters. The Morgan fingerprint density at radius 3 is 2.69 bits per heavy atom. The van der Waals surface area contributed by atoms with Crippen LogP contribution in [-0.2, 0) is 6.42 Å². The molecule has 0 unspecified atom stereocenters. The first-order valence-corrected chi connectivity index (χ1v) is 12.7. The molecule has 0 aliphatic carbocycles. The van der Waals surface area contributed by atoms with Gasteiger partial charge in [0.1, 0.15) is 5.75 Å². The number of aryl methyl sites for hydroxylation is 1. The average molecular weight is 473 g/mol. The zero-order valence-corrected chi connectivity index (χ0v) is 19.9. The van der Waals surface area contributed by atoms with Crippen LogP contribution >= 0.6 is 0 Å². The molecule has 6 rings (SSSR count). The third-order valence-electron chi connectivity index (χ3n) is 7.53. The number of benzene rings is 1. The summed E-state index contributed by atoms with van der Waals surface area (Å²) in [6.07, 6.45) is 8.86. The summed E-state index contributed by atoms with van der Waals surface area (Å²) in [7, 11) is 0. The van der Waals surface area contributed by atoms with Crippen molar-refractivity contribution in [2.24, 2.45) is 5.92 Å². The van der Waals surface area contributed by atoms with Crippen LogP contribution in [0.4, 0.5) is 17.5 Å². The van der Waals surface area contributed by atoms with Crippen molar-refractivity contribution in [1.29, 1.82) is 0 Å². The number of aromatic nitrogens is 4. The molecule has 9 nitrogen and oxygen atoms in total. The molecule has 35 heavy (non-hydrogen) atoms. The van der Waals surface area contributed by atoms with Gasteiger partial charge in [0.2, 0.25) is 5.95 Å². The first kappa shape index (κ1) is 22.0. The largest absolute Gasteiger partial charge is 0.507 e. The summed E-state index contributed by atoms with van der Waals surface area (Å²) in [5.41, 5.74) is 3.63. The van der Waals surface area contributed by atoms with Crippen LogP contribution in [0.5, 0.6) is 5.75 Å². The number of rotatable bonds is 5. The number of fused-ring (bicyclic) bond motifs is 3. The Morgan fingerprint density at radius 1 is 1.03 bits per heavy atom. The quantitative estimate of drug-likeness (QED) is 0.517. The molecule has 2 aromatic heterocycles. The van der Waals surface area contributed by atoms with E-state index in [1.807, 2.05) is 36.7 Å². The SMILES string of the molecule is Oc1ccccc1-c1cc2c(nn1)NC[C@@H]1CN(c3ncc(CCC4CCNCC4)cn3)CCN21. The third kappa shape index (κ3) is 4.60. The summed E-state index contributed by atoms with van der Waals surface area (Å²) in [5.74, 6) is 2.64. The van der Waals surface area contributed by atoms with Crippen molar-refractivity contribution in [1.82, 2.24) is 25.5 Å². The number of piperazine rings is 1. The van der Waals surface area contributed by atoms with Crippen molar-refractivity contribution in [3.8, 4) is 17.0 Å². The molecular formula is C26H32N8O. The number of nitrogens with one attached hydrogen (secondary N) is 2. The van der Waals surface area contributed by atoms with E-state index in [0.717, 1.165) is 69.1 Å². The van der Waals surface area contributed by atoms with Crippen molar-refractivity contribution >= 4 is 17.5 Å². The molecule has 1 aromatic carbocycles. The number of phenols is 1. The zero-order valence-electron chi connectivity index (χ0n) is 19.9. The number of para-hydroxylation sites is 1. The maximum atomic E-state index is 10.3. The third-order valence-corrected chi connectivity index (χ3v) is 7.53. The zero-order chi connectivity index (χ0) is 23.6. The maximum Gasteiger partial charge on any atom is 0.225 e. The van der Waals surface area contributed by atoms with Gasteiger partial charge in [-0.05, 0) is 68.5 Å². The molecule has 9 heteroatoms. The average Bonchev–Trinajstić information content (AvgIpc) is 2.92. The summed E-state index contributed by atoms with van der Waals surface area (Å²) < 4.78 is 0. The van der Waals surface area contributed by atoms with E-state index in [9.17, 15) is 5.11 Å². The van der Waals surface area contributed by atoms with Crippen molar-refractivity contribution < 1.29 is 5.11 Å². The van der Waals surface area contributed by atoms with Crippen LogP contribution in [0, 0.1) is 5.92 Å². The van der Waals surface area contributed by atoms with Crippen LogP contribution < -0.4 is 20.4 Å². The fraction of sp³-hybridized carbons (Fsp3) is 0.462. The van der Waals surface area contributed by atoms with Gasteiger partial charge in [-0.2, -0.15) is 0 Å². The van der Waals surface area contributed by atoms with Gasteiger partial charge in [0.25, 0.3) is 0 Å². The molecule has 3 aliphatic rings. The monoisotopic (exact) mass is 472 g/mol. The highest BCUT2D eigenvalue weighted by Crippen LogP contribution is 2.36. The normalized spacial score (nSPS) is 20.2. The second-order valence-electron chi connectivity index (χ2n) is 9.78. The summed E-state index contributed by atoms with van der Waals surface area (Å²) in [4.78, 5) is 14.1. The first-order chi connectivity index (χ1) is 17.2. The van der Waals surface area contributed by atoms with Crippen LogP contribution in [-0.4, -0.2) is 70.6 Å². The summed E-state index contributed by atoms with van der Waals surface area (Å²) in [6, 6.07) is 9.56. The lowest BCUT2D eigenvalue weighted by atomic mass is 9.92.